The summed E-state index contributed by atoms with van der Waals surface area (Å²) < 4.78 is 27.1. The van der Waals surface area contributed by atoms with Crippen LogP contribution in [-0.2, 0) is 17.8 Å². The molecule has 0 saturated heterocycles. The molecule has 7 heteroatoms. The maximum atomic E-state index is 13.2. The van der Waals surface area contributed by atoms with Crippen molar-refractivity contribution in [2.75, 3.05) is 0 Å². The third-order valence-electron chi connectivity index (χ3n) is 6.05. The number of halogens is 3. The second-order valence-electron chi connectivity index (χ2n) is 8.77. The summed E-state index contributed by atoms with van der Waals surface area (Å²) in [6.07, 6.45) is 1.75. The normalized spacial score (nSPS) is 14.8. The fourth-order valence-electron chi connectivity index (χ4n) is 4.30. The Balaban J connectivity index is 1.57. The Morgan fingerprint density at radius 1 is 1.15 bits per heavy atom. The van der Waals surface area contributed by atoms with Crippen LogP contribution in [0.15, 0.2) is 57.5 Å². The van der Waals surface area contributed by atoms with Gasteiger partial charge in [-0.1, -0.05) is 26.0 Å². The van der Waals surface area contributed by atoms with Crippen LogP contribution in [0.25, 0.3) is 0 Å². The van der Waals surface area contributed by atoms with Crippen molar-refractivity contribution in [3.63, 3.8) is 0 Å². The first-order valence-electron chi connectivity index (χ1n) is 11.1. The molecule has 0 amide bonds. The highest BCUT2D eigenvalue weighted by molar-refractivity contribution is 9.11. The van der Waals surface area contributed by atoms with E-state index in [-0.39, 0.29) is 24.1 Å². The van der Waals surface area contributed by atoms with E-state index in [1.165, 1.54) is 12.1 Å². The molecule has 0 fully saturated rings. The molecule has 0 spiro atoms. The van der Waals surface area contributed by atoms with Gasteiger partial charge in [0, 0.05) is 5.56 Å². The van der Waals surface area contributed by atoms with E-state index >= 15 is 0 Å². The first-order valence-corrected chi connectivity index (χ1v) is 12.7. The van der Waals surface area contributed by atoms with E-state index in [0.29, 0.717) is 18.1 Å². The van der Waals surface area contributed by atoms with Crippen molar-refractivity contribution < 1.29 is 23.8 Å². The average Bonchev–Trinajstić information content (AvgIpc) is 3.18. The van der Waals surface area contributed by atoms with Gasteiger partial charge >= 0.3 is 5.97 Å². The van der Waals surface area contributed by atoms with Crippen molar-refractivity contribution in [3.05, 3.63) is 85.5 Å². The lowest BCUT2D eigenvalue weighted by Crippen LogP contribution is -2.03. The third kappa shape index (κ3) is 5.47. The molecule has 34 heavy (non-hydrogen) atoms. The molecule has 178 valence electrons. The van der Waals surface area contributed by atoms with E-state index < -0.39 is 5.97 Å². The van der Waals surface area contributed by atoms with Gasteiger partial charge in [-0.3, -0.25) is 4.79 Å². The molecule has 0 radical (unpaired) electrons. The monoisotopic (exact) mass is 590 g/mol. The summed E-state index contributed by atoms with van der Waals surface area (Å²) in [4.78, 5) is 11.2. The van der Waals surface area contributed by atoms with E-state index in [1.807, 2.05) is 24.3 Å². The van der Waals surface area contributed by atoms with Gasteiger partial charge < -0.3 is 14.6 Å². The van der Waals surface area contributed by atoms with Crippen LogP contribution in [0.2, 0.25) is 0 Å². The summed E-state index contributed by atoms with van der Waals surface area (Å²) >= 11 is 7.31. The Bertz CT molecular complexity index is 1210. The molecule has 0 bridgehead atoms. The number of carboxylic acid groups (broad SMARTS) is 1. The molecule has 0 aromatic heterocycles. The van der Waals surface area contributed by atoms with E-state index in [2.05, 4.69) is 45.7 Å². The van der Waals surface area contributed by atoms with Gasteiger partial charge in [-0.05, 0) is 110 Å². The maximum absolute atomic E-state index is 13.2. The number of carboxylic acids is 1. The number of hydrogen-bond donors (Lipinski definition) is 1. The summed E-state index contributed by atoms with van der Waals surface area (Å²) in [5.74, 6) is 1.27. The topological polar surface area (TPSA) is 55.8 Å². The van der Waals surface area contributed by atoms with Crippen LogP contribution in [0.5, 0.6) is 17.2 Å². The van der Waals surface area contributed by atoms with Gasteiger partial charge in [-0.2, -0.15) is 0 Å². The minimum absolute atomic E-state index is 0.0132. The highest BCUT2D eigenvalue weighted by Crippen LogP contribution is 2.48. The van der Waals surface area contributed by atoms with Crippen LogP contribution < -0.4 is 9.47 Å². The Morgan fingerprint density at radius 3 is 2.56 bits per heavy atom. The summed E-state index contributed by atoms with van der Waals surface area (Å²) in [7, 11) is 0. The lowest BCUT2D eigenvalue weighted by molar-refractivity contribution is -0.137. The van der Waals surface area contributed by atoms with Crippen molar-refractivity contribution in [2.24, 2.45) is 0 Å². The van der Waals surface area contributed by atoms with Gasteiger partial charge in [-0.25, -0.2) is 4.39 Å². The van der Waals surface area contributed by atoms with Gasteiger partial charge in [0.15, 0.2) is 5.75 Å². The zero-order chi connectivity index (χ0) is 24.4. The standard InChI is InChI=1S/C27H25Br2FO4/c1-15(2)21-12-19(8-10-24(21)33-14-16-3-6-18(30)7-4-16)34-27-23(28)13-22-17(11-25(31)32)5-9-20(22)26(27)29/h3-4,6-8,10,12-13,15,17H,5,9,11,14H2,1-2H3,(H,31,32). The summed E-state index contributed by atoms with van der Waals surface area (Å²) in [6.45, 7) is 4.53. The summed E-state index contributed by atoms with van der Waals surface area (Å²) in [5.41, 5.74) is 4.06. The van der Waals surface area contributed by atoms with Crippen molar-refractivity contribution in [1.82, 2.24) is 0 Å². The predicted octanol–water partition coefficient (Wildman–Crippen LogP) is 8.35. The Hall–Kier alpha value is -2.38. The van der Waals surface area contributed by atoms with Crippen molar-refractivity contribution >= 4 is 37.8 Å². The summed E-state index contributed by atoms with van der Waals surface area (Å²) in [5, 5.41) is 9.22. The molecule has 1 unspecified atom stereocenters. The number of hydrogen-bond acceptors (Lipinski definition) is 3. The molecular weight excluding hydrogens is 567 g/mol. The average molecular weight is 592 g/mol. The second kappa shape index (κ2) is 10.5. The SMILES string of the molecule is CC(C)c1cc(Oc2c(Br)cc3c(c2Br)CCC3CC(=O)O)ccc1OCc1ccc(F)cc1. The van der Waals surface area contributed by atoms with Crippen LogP contribution in [-0.4, -0.2) is 11.1 Å². The highest BCUT2D eigenvalue weighted by atomic mass is 79.9. The van der Waals surface area contributed by atoms with Gasteiger partial charge in [0.05, 0.1) is 15.4 Å². The number of aliphatic carboxylic acids is 1. The fourth-order valence-corrected chi connectivity index (χ4v) is 5.81. The zero-order valence-electron chi connectivity index (χ0n) is 18.9. The first kappa shape index (κ1) is 24.7. The Kier molecular flexibility index (Phi) is 7.63. The molecule has 0 aliphatic heterocycles. The van der Waals surface area contributed by atoms with Crippen LogP contribution in [0, 0.1) is 5.82 Å². The van der Waals surface area contributed by atoms with Crippen LogP contribution in [0.1, 0.15) is 60.8 Å². The first-order chi connectivity index (χ1) is 16.2. The van der Waals surface area contributed by atoms with E-state index in [4.69, 9.17) is 9.47 Å². The Morgan fingerprint density at radius 2 is 1.88 bits per heavy atom. The number of ether oxygens (including phenoxy) is 2. The molecule has 4 nitrogen and oxygen atoms in total. The highest BCUT2D eigenvalue weighted by Gasteiger charge is 2.29. The van der Waals surface area contributed by atoms with Crippen molar-refractivity contribution in [3.8, 4) is 17.2 Å². The molecule has 3 aromatic carbocycles. The number of carbonyl (C=O) groups is 1. The lowest BCUT2D eigenvalue weighted by atomic mass is 9.98. The number of fused-ring (bicyclic) bond motifs is 1. The fraction of sp³-hybridized carbons (Fsp3) is 0.296. The second-order valence-corrected chi connectivity index (χ2v) is 10.4. The maximum Gasteiger partial charge on any atom is 0.303 e. The third-order valence-corrected chi connectivity index (χ3v) is 7.47. The van der Waals surface area contributed by atoms with Crippen LogP contribution in [0.4, 0.5) is 4.39 Å². The smallest absolute Gasteiger partial charge is 0.303 e. The van der Waals surface area contributed by atoms with E-state index in [9.17, 15) is 14.3 Å². The quantitative estimate of drug-likeness (QED) is 0.286. The van der Waals surface area contributed by atoms with Crippen molar-refractivity contribution in [1.29, 1.82) is 0 Å². The molecule has 1 N–H and O–H groups in total. The number of benzene rings is 3. The van der Waals surface area contributed by atoms with Gasteiger partial charge in [0.1, 0.15) is 23.9 Å². The molecular formula is C27H25Br2FO4. The largest absolute Gasteiger partial charge is 0.489 e. The lowest BCUT2D eigenvalue weighted by Gasteiger charge is -2.18. The molecule has 4 rings (SSSR count). The van der Waals surface area contributed by atoms with Gasteiger partial charge in [-0.15, -0.1) is 0 Å². The molecule has 1 aliphatic carbocycles. The van der Waals surface area contributed by atoms with Crippen LogP contribution >= 0.6 is 31.9 Å². The van der Waals surface area contributed by atoms with Crippen molar-refractivity contribution in [2.45, 2.75) is 51.6 Å². The summed E-state index contributed by atoms with van der Waals surface area (Å²) in [6, 6.07) is 14.0. The molecule has 0 saturated carbocycles. The molecule has 1 atom stereocenters. The molecule has 1 aliphatic rings. The van der Waals surface area contributed by atoms with Gasteiger partial charge in [0.25, 0.3) is 0 Å². The zero-order valence-corrected chi connectivity index (χ0v) is 22.1. The van der Waals surface area contributed by atoms with E-state index in [1.54, 1.807) is 12.1 Å². The number of rotatable bonds is 8. The Labute approximate surface area is 215 Å². The minimum atomic E-state index is -0.784. The molecule has 0 heterocycles. The van der Waals surface area contributed by atoms with E-state index in [0.717, 1.165) is 49.8 Å². The van der Waals surface area contributed by atoms with Gasteiger partial charge in [0.2, 0.25) is 0 Å². The molecule has 3 aromatic rings. The minimum Gasteiger partial charge on any atom is -0.489 e. The van der Waals surface area contributed by atoms with Crippen LogP contribution in [0.3, 0.4) is 0 Å². The predicted molar refractivity (Wildman–Crippen MR) is 136 cm³/mol.